The first-order chi connectivity index (χ1) is 7.65. The summed E-state index contributed by atoms with van der Waals surface area (Å²) in [6.45, 7) is 0.808. The summed E-state index contributed by atoms with van der Waals surface area (Å²) >= 11 is 3.37. The van der Waals surface area contributed by atoms with Crippen LogP contribution in [-0.4, -0.2) is 21.8 Å². The van der Waals surface area contributed by atoms with Crippen molar-refractivity contribution in [2.75, 3.05) is 11.9 Å². The SMILES string of the molecule is CN(Cc1cnn(C)c1)c1ccc(Br)cn1. The first-order valence-corrected chi connectivity index (χ1v) is 5.74. The normalized spacial score (nSPS) is 10.4. The molecule has 0 aromatic carbocycles. The van der Waals surface area contributed by atoms with Crippen molar-refractivity contribution in [3.05, 3.63) is 40.8 Å². The minimum atomic E-state index is 0.808. The summed E-state index contributed by atoms with van der Waals surface area (Å²) in [5.41, 5.74) is 1.18. The lowest BCUT2D eigenvalue weighted by Gasteiger charge is -2.16. The van der Waals surface area contributed by atoms with Gasteiger partial charge in [-0.15, -0.1) is 0 Å². The Bertz CT molecular complexity index is 463. The van der Waals surface area contributed by atoms with Crippen molar-refractivity contribution in [3.8, 4) is 0 Å². The number of hydrogen-bond acceptors (Lipinski definition) is 3. The highest BCUT2D eigenvalue weighted by Gasteiger charge is 2.04. The molecule has 0 radical (unpaired) electrons. The largest absolute Gasteiger partial charge is 0.355 e. The van der Waals surface area contributed by atoms with Gasteiger partial charge in [-0.1, -0.05) is 0 Å². The molecule has 2 rings (SSSR count). The highest BCUT2D eigenvalue weighted by molar-refractivity contribution is 9.10. The predicted octanol–water partition coefficient (Wildman–Crippen LogP) is 2.21. The van der Waals surface area contributed by atoms with E-state index < -0.39 is 0 Å². The number of pyridine rings is 1. The minimum Gasteiger partial charge on any atom is -0.355 e. The molecule has 0 aliphatic carbocycles. The molecule has 0 unspecified atom stereocenters. The Hall–Kier alpha value is -1.36. The molecule has 0 saturated carbocycles. The van der Waals surface area contributed by atoms with Crippen LogP contribution in [0.1, 0.15) is 5.56 Å². The monoisotopic (exact) mass is 280 g/mol. The standard InChI is InChI=1S/C11H13BrN4/c1-15(7-9-5-14-16(2)8-9)11-4-3-10(12)6-13-11/h3-6,8H,7H2,1-2H3. The summed E-state index contributed by atoms with van der Waals surface area (Å²) in [5.74, 6) is 0.951. The van der Waals surface area contributed by atoms with E-state index in [0.29, 0.717) is 0 Å². The molecule has 0 fully saturated rings. The van der Waals surface area contributed by atoms with E-state index in [1.807, 2.05) is 38.6 Å². The van der Waals surface area contributed by atoms with Crippen LogP contribution < -0.4 is 4.90 Å². The zero-order chi connectivity index (χ0) is 11.5. The van der Waals surface area contributed by atoms with Crippen LogP contribution in [0.5, 0.6) is 0 Å². The number of hydrogen-bond donors (Lipinski definition) is 0. The van der Waals surface area contributed by atoms with Crippen molar-refractivity contribution in [2.24, 2.45) is 7.05 Å². The first kappa shape index (κ1) is 11.1. The predicted molar refractivity (Wildman–Crippen MR) is 67.3 cm³/mol. The Morgan fingerprint density at radius 1 is 1.38 bits per heavy atom. The fourth-order valence-electron chi connectivity index (χ4n) is 1.50. The lowest BCUT2D eigenvalue weighted by atomic mass is 10.3. The van der Waals surface area contributed by atoms with Crippen molar-refractivity contribution in [1.29, 1.82) is 0 Å². The number of aromatic nitrogens is 3. The maximum absolute atomic E-state index is 4.33. The first-order valence-electron chi connectivity index (χ1n) is 4.95. The second-order valence-electron chi connectivity index (χ2n) is 3.71. The van der Waals surface area contributed by atoms with Crippen molar-refractivity contribution >= 4 is 21.7 Å². The van der Waals surface area contributed by atoms with Crippen LogP contribution in [0, 0.1) is 0 Å². The van der Waals surface area contributed by atoms with Crippen LogP contribution in [0.25, 0.3) is 0 Å². The van der Waals surface area contributed by atoms with Gasteiger partial charge in [-0.2, -0.15) is 5.10 Å². The average molecular weight is 281 g/mol. The lowest BCUT2D eigenvalue weighted by Crippen LogP contribution is -2.17. The molecule has 84 valence electrons. The topological polar surface area (TPSA) is 34.0 Å². The van der Waals surface area contributed by atoms with Crippen LogP contribution in [0.15, 0.2) is 35.2 Å². The molecule has 5 heteroatoms. The number of aryl methyl sites for hydroxylation is 1. The van der Waals surface area contributed by atoms with Crippen molar-refractivity contribution in [1.82, 2.24) is 14.8 Å². The third kappa shape index (κ3) is 2.61. The van der Waals surface area contributed by atoms with Gasteiger partial charge in [0.1, 0.15) is 5.82 Å². The maximum Gasteiger partial charge on any atom is 0.128 e. The molecule has 0 N–H and O–H groups in total. The van der Waals surface area contributed by atoms with E-state index in [9.17, 15) is 0 Å². The maximum atomic E-state index is 4.33. The highest BCUT2D eigenvalue weighted by Crippen LogP contribution is 2.15. The third-order valence-electron chi connectivity index (χ3n) is 2.28. The molecule has 2 aromatic rings. The lowest BCUT2D eigenvalue weighted by molar-refractivity contribution is 0.766. The van der Waals surface area contributed by atoms with Crippen LogP contribution in [0.4, 0.5) is 5.82 Å². The molecule has 0 saturated heterocycles. The van der Waals surface area contributed by atoms with E-state index in [0.717, 1.165) is 16.8 Å². The molecule has 0 aliphatic rings. The van der Waals surface area contributed by atoms with Gasteiger partial charge in [0.15, 0.2) is 0 Å². The van der Waals surface area contributed by atoms with Crippen molar-refractivity contribution in [2.45, 2.75) is 6.54 Å². The van der Waals surface area contributed by atoms with Crippen LogP contribution >= 0.6 is 15.9 Å². The molecule has 0 aliphatic heterocycles. The summed E-state index contributed by atoms with van der Waals surface area (Å²) in [5, 5.41) is 4.14. The van der Waals surface area contributed by atoms with Crippen molar-refractivity contribution in [3.63, 3.8) is 0 Å². The molecule has 0 bridgehead atoms. The van der Waals surface area contributed by atoms with Gasteiger partial charge >= 0.3 is 0 Å². The summed E-state index contributed by atoms with van der Waals surface area (Å²) in [7, 11) is 3.94. The zero-order valence-electron chi connectivity index (χ0n) is 9.26. The number of rotatable bonds is 3. The Balaban J connectivity index is 2.08. The second kappa shape index (κ2) is 4.65. The van der Waals surface area contributed by atoms with E-state index >= 15 is 0 Å². The summed E-state index contributed by atoms with van der Waals surface area (Å²) in [4.78, 5) is 6.42. The minimum absolute atomic E-state index is 0.808. The fourth-order valence-corrected chi connectivity index (χ4v) is 1.74. The van der Waals surface area contributed by atoms with Crippen LogP contribution in [0.2, 0.25) is 0 Å². The molecule has 16 heavy (non-hydrogen) atoms. The van der Waals surface area contributed by atoms with E-state index in [4.69, 9.17) is 0 Å². The van der Waals surface area contributed by atoms with Gasteiger partial charge in [0.25, 0.3) is 0 Å². The van der Waals surface area contributed by atoms with Crippen LogP contribution in [-0.2, 0) is 13.6 Å². The smallest absolute Gasteiger partial charge is 0.128 e. The molecular weight excluding hydrogens is 268 g/mol. The number of anilines is 1. The Morgan fingerprint density at radius 2 is 2.19 bits per heavy atom. The Kier molecular flexibility index (Phi) is 3.24. The van der Waals surface area contributed by atoms with E-state index in [2.05, 4.69) is 30.9 Å². The quantitative estimate of drug-likeness (QED) is 0.865. The molecule has 2 aromatic heterocycles. The molecule has 2 heterocycles. The summed E-state index contributed by atoms with van der Waals surface area (Å²) < 4.78 is 2.80. The zero-order valence-corrected chi connectivity index (χ0v) is 10.8. The average Bonchev–Trinajstić information content (AvgIpc) is 2.65. The van der Waals surface area contributed by atoms with Gasteiger partial charge in [-0.05, 0) is 28.1 Å². The van der Waals surface area contributed by atoms with Gasteiger partial charge in [0.05, 0.1) is 6.20 Å². The van der Waals surface area contributed by atoms with Gasteiger partial charge < -0.3 is 4.90 Å². The van der Waals surface area contributed by atoms with E-state index in [1.54, 1.807) is 10.9 Å². The van der Waals surface area contributed by atoms with Gasteiger partial charge in [0, 0.05) is 43.1 Å². The fraction of sp³-hybridized carbons (Fsp3) is 0.273. The Labute approximate surface area is 103 Å². The summed E-state index contributed by atoms with van der Waals surface area (Å²) in [6, 6.07) is 3.97. The number of nitrogens with zero attached hydrogens (tertiary/aromatic N) is 4. The van der Waals surface area contributed by atoms with E-state index in [-0.39, 0.29) is 0 Å². The van der Waals surface area contributed by atoms with Gasteiger partial charge in [-0.25, -0.2) is 4.98 Å². The third-order valence-corrected chi connectivity index (χ3v) is 2.75. The van der Waals surface area contributed by atoms with Gasteiger partial charge in [0.2, 0.25) is 0 Å². The molecule has 0 atom stereocenters. The van der Waals surface area contributed by atoms with Crippen molar-refractivity contribution < 1.29 is 0 Å². The molecule has 0 amide bonds. The van der Waals surface area contributed by atoms with E-state index in [1.165, 1.54) is 5.56 Å². The molecular formula is C11H13BrN4. The molecule has 4 nitrogen and oxygen atoms in total. The second-order valence-corrected chi connectivity index (χ2v) is 4.63. The molecule has 0 spiro atoms. The summed E-state index contributed by atoms with van der Waals surface area (Å²) in [6.07, 6.45) is 5.68. The highest BCUT2D eigenvalue weighted by atomic mass is 79.9. The number of halogens is 1. The Morgan fingerprint density at radius 3 is 2.75 bits per heavy atom. The van der Waals surface area contributed by atoms with Gasteiger partial charge in [-0.3, -0.25) is 4.68 Å². The van der Waals surface area contributed by atoms with Crippen LogP contribution in [0.3, 0.4) is 0 Å².